The highest BCUT2D eigenvalue weighted by Crippen LogP contribution is 2.08. The first-order valence-electron chi connectivity index (χ1n) is 5.47. The molecule has 0 saturated heterocycles. The Morgan fingerprint density at radius 3 is 2.88 bits per heavy atom. The van der Waals surface area contributed by atoms with Crippen LogP contribution in [0.15, 0.2) is 12.3 Å². The lowest BCUT2D eigenvalue weighted by atomic mass is 10.3. The smallest absolute Gasteiger partial charge is 0.226 e. The Balaban J connectivity index is 2.33. The highest BCUT2D eigenvalue weighted by atomic mass is 32.2. The van der Waals surface area contributed by atoms with Gasteiger partial charge in [-0.25, -0.2) is 4.98 Å². The van der Waals surface area contributed by atoms with Crippen molar-refractivity contribution in [3.05, 3.63) is 12.3 Å². The zero-order chi connectivity index (χ0) is 11.8. The quantitative estimate of drug-likeness (QED) is 0.739. The van der Waals surface area contributed by atoms with Crippen LogP contribution in [0.5, 0.6) is 0 Å². The van der Waals surface area contributed by atoms with E-state index in [0.29, 0.717) is 0 Å². The average molecular weight is 240 g/mol. The molecule has 0 atom stereocenters. The zero-order valence-electron chi connectivity index (χ0n) is 10.2. The number of anilines is 2. The molecular weight excluding hydrogens is 220 g/mol. The van der Waals surface area contributed by atoms with Crippen molar-refractivity contribution >= 4 is 23.5 Å². The average Bonchev–Trinajstić information content (AvgIpc) is 2.29. The molecule has 0 unspecified atom stereocenters. The number of nitrogens with zero attached hydrogens (tertiary/aromatic N) is 3. The van der Waals surface area contributed by atoms with Crippen LogP contribution in [0.3, 0.4) is 0 Å². The summed E-state index contributed by atoms with van der Waals surface area (Å²) in [5.74, 6) is 2.88. The van der Waals surface area contributed by atoms with E-state index in [4.69, 9.17) is 0 Å². The summed E-state index contributed by atoms with van der Waals surface area (Å²) in [7, 11) is 3.88. The lowest BCUT2D eigenvalue weighted by Gasteiger charge is -2.11. The maximum absolute atomic E-state index is 4.39. The number of hydrogen-bond donors (Lipinski definition) is 1. The minimum Gasteiger partial charge on any atom is -0.370 e. The summed E-state index contributed by atoms with van der Waals surface area (Å²) < 4.78 is 0. The van der Waals surface area contributed by atoms with Crippen LogP contribution in [0, 0.1) is 0 Å². The molecule has 5 heteroatoms. The first kappa shape index (κ1) is 13.1. The van der Waals surface area contributed by atoms with Gasteiger partial charge >= 0.3 is 0 Å². The summed E-state index contributed by atoms with van der Waals surface area (Å²) in [4.78, 5) is 10.5. The van der Waals surface area contributed by atoms with Crippen molar-refractivity contribution in [2.45, 2.75) is 12.8 Å². The highest BCUT2D eigenvalue weighted by Gasteiger charge is 1.99. The van der Waals surface area contributed by atoms with E-state index >= 15 is 0 Å². The monoisotopic (exact) mass is 240 g/mol. The van der Waals surface area contributed by atoms with Crippen LogP contribution in [-0.2, 0) is 0 Å². The fraction of sp³-hybridized carbons (Fsp3) is 0.636. The maximum Gasteiger partial charge on any atom is 0.226 e. The van der Waals surface area contributed by atoms with Crippen LogP contribution in [0.25, 0.3) is 0 Å². The van der Waals surface area contributed by atoms with E-state index in [1.165, 1.54) is 18.6 Å². The molecule has 0 fully saturated rings. The van der Waals surface area contributed by atoms with Gasteiger partial charge in [0.2, 0.25) is 5.95 Å². The minimum absolute atomic E-state index is 0.745. The first-order chi connectivity index (χ1) is 7.74. The van der Waals surface area contributed by atoms with Crippen molar-refractivity contribution in [3.8, 4) is 0 Å². The van der Waals surface area contributed by atoms with Crippen LogP contribution >= 0.6 is 11.8 Å². The Kier molecular flexibility index (Phi) is 6.00. The molecule has 1 aromatic rings. The molecule has 1 heterocycles. The van der Waals surface area contributed by atoms with Crippen LogP contribution in [0.1, 0.15) is 12.8 Å². The largest absolute Gasteiger partial charge is 0.370 e. The fourth-order valence-electron chi connectivity index (χ4n) is 1.25. The Hall–Kier alpha value is -0.970. The number of rotatable bonds is 7. The van der Waals surface area contributed by atoms with Gasteiger partial charge in [0.05, 0.1) is 0 Å². The lowest BCUT2D eigenvalue weighted by molar-refractivity contribution is 0.838. The van der Waals surface area contributed by atoms with Crippen LogP contribution < -0.4 is 10.2 Å². The third kappa shape index (κ3) is 4.70. The SMILES string of the molecule is CSCCCCNc1ccnc(N(C)C)n1. The molecule has 0 aliphatic rings. The van der Waals surface area contributed by atoms with Crippen molar-refractivity contribution < 1.29 is 0 Å². The van der Waals surface area contributed by atoms with Gasteiger partial charge in [0.15, 0.2) is 0 Å². The second kappa shape index (κ2) is 7.33. The standard InChI is InChI=1S/C11H20N4S/c1-15(2)11-13-8-6-10(14-11)12-7-4-5-9-16-3/h6,8H,4-5,7,9H2,1-3H3,(H,12,13,14). The third-order valence-electron chi connectivity index (χ3n) is 2.12. The summed E-state index contributed by atoms with van der Waals surface area (Å²) in [6, 6.07) is 1.90. The molecule has 90 valence electrons. The highest BCUT2D eigenvalue weighted by molar-refractivity contribution is 7.98. The number of hydrogen-bond acceptors (Lipinski definition) is 5. The van der Waals surface area contributed by atoms with Crippen molar-refractivity contribution in [1.82, 2.24) is 9.97 Å². The Morgan fingerprint density at radius 1 is 1.38 bits per heavy atom. The van der Waals surface area contributed by atoms with Crippen molar-refractivity contribution in [3.63, 3.8) is 0 Å². The molecule has 0 aliphatic heterocycles. The lowest BCUT2D eigenvalue weighted by Crippen LogP contribution is -2.14. The number of aromatic nitrogens is 2. The second-order valence-corrected chi connectivity index (χ2v) is 4.75. The van der Waals surface area contributed by atoms with Crippen LogP contribution in [-0.4, -0.2) is 42.6 Å². The molecule has 0 aliphatic carbocycles. The normalized spacial score (nSPS) is 10.2. The molecule has 16 heavy (non-hydrogen) atoms. The maximum atomic E-state index is 4.39. The van der Waals surface area contributed by atoms with Gasteiger partial charge in [-0.2, -0.15) is 16.7 Å². The molecule has 0 saturated carbocycles. The van der Waals surface area contributed by atoms with E-state index in [0.717, 1.165) is 18.3 Å². The molecule has 0 amide bonds. The zero-order valence-corrected chi connectivity index (χ0v) is 11.0. The molecule has 1 rings (SSSR count). The summed E-state index contributed by atoms with van der Waals surface area (Å²) in [6.07, 6.45) is 6.36. The Labute approximate surface area is 102 Å². The first-order valence-corrected chi connectivity index (χ1v) is 6.86. The molecule has 0 radical (unpaired) electrons. The van der Waals surface area contributed by atoms with Gasteiger partial charge in [-0.1, -0.05) is 0 Å². The van der Waals surface area contributed by atoms with Gasteiger partial charge in [-0.15, -0.1) is 0 Å². The molecule has 0 aromatic carbocycles. The summed E-state index contributed by atoms with van der Waals surface area (Å²) >= 11 is 1.89. The Morgan fingerprint density at radius 2 is 2.19 bits per heavy atom. The van der Waals surface area contributed by atoms with Gasteiger partial charge in [0, 0.05) is 26.8 Å². The van der Waals surface area contributed by atoms with Gasteiger partial charge in [0.1, 0.15) is 5.82 Å². The predicted molar refractivity (Wildman–Crippen MR) is 72.5 cm³/mol. The predicted octanol–water partition coefficient (Wildman–Crippen LogP) is 2.10. The topological polar surface area (TPSA) is 41.1 Å². The van der Waals surface area contributed by atoms with Gasteiger partial charge in [0.25, 0.3) is 0 Å². The van der Waals surface area contributed by atoms with E-state index in [1.807, 2.05) is 36.8 Å². The molecule has 1 N–H and O–H groups in total. The summed E-state index contributed by atoms with van der Waals surface area (Å²) in [5, 5.41) is 3.31. The van der Waals surface area contributed by atoms with E-state index in [2.05, 4.69) is 21.5 Å². The number of thioether (sulfide) groups is 1. The molecule has 0 spiro atoms. The molecular formula is C11H20N4S. The van der Waals surface area contributed by atoms with Crippen molar-refractivity contribution in [2.75, 3.05) is 42.9 Å². The van der Waals surface area contributed by atoms with Crippen molar-refractivity contribution in [1.29, 1.82) is 0 Å². The van der Waals surface area contributed by atoms with Crippen molar-refractivity contribution in [2.24, 2.45) is 0 Å². The summed E-state index contributed by atoms with van der Waals surface area (Å²) in [5.41, 5.74) is 0. The van der Waals surface area contributed by atoms with Crippen LogP contribution in [0.2, 0.25) is 0 Å². The van der Waals surface area contributed by atoms with Crippen LogP contribution in [0.4, 0.5) is 11.8 Å². The molecule has 4 nitrogen and oxygen atoms in total. The van der Waals surface area contributed by atoms with Gasteiger partial charge in [-0.3, -0.25) is 0 Å². The van der Waals surface area contributed by atoms with E-state index in [9.17, 15) is 0 Å². The van der Waals surface area contributed by atoms with E-state index < -0.39 is 0 Å². The second-order valence-electron chi connectivity index (χ2n) is 3.76. The summed E-state index contributed by atoms with van der Waals surface area (Å²) in [6.45, 7) is 0.977. The number of nitrogens with one attached hydrogen (secondary N) is 1. The van der Waals surface area contributed by atoms with Gasteiger partial charge in [-0.05, 0) is 30.9 Å². The van der Waals surface area contributed by atoms with E-state index in [1.54, 1.807) is 6.20 Å². The van der Waals surface area contributed by atoms with E-state index in [-0.39, 0.29) is 0 Å². The third-order valence-corrected chi connectivity index (χ3v) is 2.82. The van der Waals surface area contributed by atoms with Gasteiger partial charge < -0.3 is 10.2 Å². The minimum atomic E-state index is 0.745. The Bertz CT molecular complexity index is 304. The molecule has 0 bridgehead atoms. The fourth-order valence-corrected chi connectivity index (χ4v) is 1.74. The number of unbranched alkanes of at least 4 members (excludes halogenated alkanes) is 1. The molecule has 1 aromatic heterocycles.